The quantitative estimate of drug-likeness (QED) is 0.0951. The molecular weight excluding hydrogens is 968 g/mol. The van der Waals surface area contributed by atoms with Crippen molar-refractivity contribution in [2.24, 2.45) is 0 Å². The maximum Gasteiger partial charge on any atom is 0.434 e. The van der Waals surface area contributed by atoms with Gasteiger partial charge in [-0.3, -0.25) is 9.97 Å². The Morgan fingerprint density at radius 1 is 0.680 bits per heavy atom. The van der Waals surface area contributed by atoms with E-state index in [0.29, 0.717) is 33.6 Å². The Labute approximate surface area is 426 Å². The fraction of sp³-hybridized carbons (Fsp3) is 0.211. The highest BCUT2D eigenvalue weighted by molar-refractivity contribution is 5.83. The first-order valence-corrected chi connectivity index (χ1v) is 24.1. The van der Waals surface area contributed by atoms with Crippen molar-refractivity contribution in [3.05, 3.63) is 180 Å². The predicted molar refractivity (Wildman–Crippen MR) is 269 cm³/mol. The zero-order chi connectivity index (χ0) is 52.1. The van der Waals surface area contributed by atoms with Gasteiger partial charge in [-0.1, -0.05) is 80.6 Å². The largest absolute Gasteiger partial charge is 0.480 e. The molecule has 0 spiro atoms. The van der Waals surface area contributed by atoms with Crippen LogP contribution in [0.25, 0.3) is 79.4 Å². The van der Waals surface area contributed by atoms with Gasteiger partial charge in [0.1, 0.15) is 23.8 Å². The summed E-state index contributed by atoms with van der Waals surface area (Å²) in [6.45, 7) is 7.77. The van der Waals surface area contributed by atoms with Crippen LogP contribution in [0, 0.1) is 11.6 Å². The summed E-state index contributed by atoms with van der Waals surface area (Å²) >= 11 is 0. The van der Waals surface area contributed by atoms with Crippen molar-refractivity contribution in [3.63, 3.8) is 0 Å². The molecule has 1 saturated carbocycles. The van der Waals surface area contributed by atoms with Crippen LogP contribution in [0.2, 0.25) is 0 Å². The minimum absolute atomic E-state index is 0.0203. The van der Waals surface area contributed by atoms with Gasteiger partial charge in [-0.15, -0.1) is 20.4 Å². The molecule has 6 aromatic heterocycles. The molecule has 0 N–H and O–H groups in total. The summed E-state index contributed by atoms with van der Waals surface area (Å²) < 4.78 is 92.1. The second-order valence-corrected chi connectivity index (χ2v) is 18.8. The molecule has 10 aromatic rings. The first kappa shape index (κ1) is 48.5. The van der Waals surface area contributed by atoms with Crippen LogP contribution in [0.15, 0.2) is 143 Å². The molecule has 6 heterocycles. The third kappa shape index (κ3) is 9.54. The highest BCUT2D eigenvalue weighted by Gasteiger charge is 2.44. The number of rotatable bonds is 14. The van der Waals surface area contributed by atoms with Crippen molar-refractivity contribution < 1.29 is 35.5 Å². The minimum Gasteiger partial charge on any atom is -0.480 e. The molecule has 0 bridgehead atoms. The molecule has 0 aliphatic heterocycles. The summed E-state index contributed by atoms with van der Waals surface area (Å²) in [5.41, 5.74) is 7.70. The summed E-state index contributed by atoms with van der Waals surface area (Å²) in [7, 11) is 1.47. The van der Waals surface area contributed by atoms with Crippen molar-refractivity contribution in [2.75, 3.05) is 7.11 Å². The maximum atomic E-state index is 17.0. The van der Waals surface area contributed by atoms with Crippen molar-refractivity contribution in [3.8, 4) is 85.3 Å². The van der Waals surface area contributed by atoms with Crippen molar-refractivity contribution in [1.29, 1.82) is 0 Å². The van der Waals surface area contributed by atoms with E-state index in [9.17, 15) is 13.2 Å². The normalized spacial score (nSPS) is 14.5. The van der Waals surface area contributed by atoms with E-state index in [4.69, 9.17) is 18.6 Å². The number of benzene rings is 4. The highest BCUT2D eigenvalue weighted by Crippen LogP contribution is 2.58. The molecule has 2 atom stereocenters. The van der Waals surface area contributed by atoms with E-state index >= 15 is 8.78 Å². The van der Waals surface area contributed by atoms with Crippen LogP contribution < -0.4 is 4.74 Å². The summed E-state index contributed by atoms with van der Waals surface area (Å²) in [4.78, 5) is 21.9. The Balaban J connectivity index is 0.841. The lowest BCUT2D eigenvalue weighted by atomic mass is 9.87. The lowest BCUT2D eigenvalue weighted by Gasteiger charge is -2.17. The molecule has 376 valence electrons. The number of halogens is 5. The molecule has 1 aliphatic carbocycles. The van der Waals surface area contributed by atoms with Gasteiger partial charge in [-0.2, -0.15) is 13.2 Å². The van der Waals surface area contributed by atoms with Crippen molar-refractivity contribution in [1.82, 2.24) is 49.9 Å². The molecular formula is C57H45F5N10O3. The standard InChI is InChI=1S/C57H45F5N10O3/c1-30(2)41-24-34(16-19-37(41)38-20-18-36(58)25-44(38)55-71-69-53(75-55)35-17-21-46(64-27-35)45-11-6-7-22-63-45)42-26-43(42)51-49(56(73-5)66-29-65-51)39-9-8-10-40(50(39)59)54-70-68-48(74-54)23-32-12-14-33(15-13-32)52-67-47(57(60,61)62)28-72(52)31(3)4/h6-22,24-25,27-31,42-43H,23,26H2,1-5H3. The topological polar surface area (TPSA) is 156 Å². The molecule has 13 nitrogen and oxygen atoms in total. The van der Waals surface area contributed by atoms with Gasteiger partial charge in [0.25, 0.3) is 5.89 Å². The van der Waals surface area contributed by atoms with Crippen molar-refractivity contribution >= 4 is 0 Å². The summed E-state index contributed by atoms with van der Waals surface area (Å²) in [6, 6.07) is 31.5. The maximum absolute atomic E-state index is 17.0. The Morgan fingerprint density at radius 3 is 2.16 bits per heavy atom. The second-order valence-electron chi connectivity index (χ2n) is 18.8. The third-order valence-electron chi connectivity index (χ3n) is 13.3. The first-order chi connectivity index (χ1) is 36.2. The van der Waals surface area contributed by atoms with E-state index in [0.717, 1.165) is 46.1 Å². The van der Waals surface area contributed by atoms with Crippen LogP contribution in [0.1, 0.15) is 91.9 Å². The van der Waals surface area contributed by atoms with Gasteiger partial charge in [0.05, 0.1) is 47.3 Å². The fourth-order valence-electron chi connectivity index (χ4n) is 9.44. The van der Waals surface area contributed by atoms with E-state index in [1.54, 1.807) is 74.8 Å². The zero-order valence-electron chi connectivity index (χ0n) is 41.0. The fourth-order valence-corrected chi connectivity index (χ4v) is 9.44. The number of alkyl halides is 3. The molecule has 0 amide bonds. The van der Waals surface area contributed by atoms with Gasteiger partial charge < -0.3 is 18.1 Å². The smallest absolute Gasteiger partial charge is 0.434 e. The predicted octanol–water partition coefficient (Wildman–Crippen LogP) is 13.8. The van der Waals surface area contributed by atoms with Crippen LogP contribution in [0.3, 0.4) is 0 Å². The average molecular weight is 1010 g/mol. The van der Waals surface area contributed by atoms with Gasteiger partial charge in [0.15, 0.2) is 5.69 Å². The number of hydrogen-bond donors (Lipinski definition) is 0. The van der Waals surface area contributed by atoms with Crippen LogP contribution in [0.4, 0.5) is 22.0 Å². The first-order valence-electron chi connectivity index (χ1n) is 24.1. The summed E-state index contributed by atoms with van der Waals surface area (Å²) in [6.07, 6.45) is 2.09. The van der Waals surface area contributed by atoms with Crippen LogP contribution in [-0.4, -0.2) is 57.0 Å². The monoisotopic (exact) mass is 1010 g/mol. The highest BCUT2D eigenvalue weighted by atomic mass is 19.4. The van der Waals surface area contributed by atoms with Gasteiger partial charge >= 0.3 is 6.18 Å². The number of ether oxygens (including phenoxy) is 1. The molecule has 2 unspecified atom stereocenters. The molecule has 1 fully saturated rings. The van der Waals surface area contributed by atoms with Gasteiger partial charge in [0.2, 0.25) is 23.6 Å². The third-order valence-corrected chi connectivity index (χ3v) is 13.3. The van der Waals surface area contributed by atoms with Crippen LogP contribution in [-0.2, 0) is 12.6 Å². The Kier molecular flexibility index (Phi) is 12.6. The summed E-state index contributed by atoms with van der Waals surface area (Å²) in [5.74, 6) is -0.184. The van der Waals surface area contributed by atoms with Crippen LogP contribution in [0.5, 0.6) is 5.88 Å². The minimum atomic E-state index is -4.58. The van der Waals surface area contributed by atoms with Gasteiger partial charge in [-0.05, 0) is 102 Å². The average Bonchev–Trinajstić information content (AvgIpc) is 3.72. The number of imidazole rings is 1. The molecule has 0 radical (unpaired) electrons. The molecule has 1 aliphatic rings. The SMILES string of the molecule is COc1ncnc(C2CC2c2ccc(-c3ccc(F)cc3-c3nnc(-c4ccc(-c5ccccn5)nc4)o3)c(C(C)C)c2)c1-c1cccc(-c2nnc(Cc3ccc(-c4nc(C(F)(F)F)cn4C(C)C)cc3)o2)c1F. The second kappa shape index (κ2) is 19.6. The number of methoxy groups -OCH3 is 1. The zero-order valence-corrected chi connectivity index (χ0v) is 41.0. The van der Waals surface area contributed by atoms with E-state index in [2.05, 4.69) is 66.3 Å². The molecule has 18 heteroatoms. The number of hydrogen-bond acceptors (Lipinski definition) is 12. The number of pyridine rings is 2. The lowest BCUT2D eigenvalue weighted by Crippen LogP contribution is -2.05. The Bertz CT molecular complexity index is 3710. The molecule has 4 aromatic carbocycles. The molecule has 11 rings (SSSR count). The molecule has 0 saturated heterocycles. The van der Waals surface area contributed by atoms with E-state index in [1.165, 1.54) is 30.1 Å². The Morgan fingerprint density at radius 2 is 1.43 bits per heavy atom. The van der Waals surface area contributed by atoms with E-state index in [-0.39, 0.29) is 76.6 Å². The van der Waals surface area contributed by atoms with E-state index < -0.39 is 23.5 Å². The van der Waals surface area contributed by atoms with Crippen molar-refractivity contribution in [2.45, 2.75) is 70.5 Å². The summed E-state index contributed by atoms with van der Waals surface area (Å²) in [5, 5.41) is 17.0. The molecule has 75 heavy (non-hydrogen) atoms. The van der Waals surface area contributed by atoms with Gasteiger partial charge in [-0.25, -0.2) is 23.7 Å². The van der Waals surface area contributed by atoms with E-state index in [1.807, 2.05) is 36.4 Å². The lowest BCUT2D eigenvalue weighted by molar-refractivity contribution is -0.140. The number of aromatic nitrogens is 10. The number of nitrogens with zero attached hydrogens (tertiary/aromatic N) is 10. The van der Waals surface area contributed by atoms with Crippen LogP contribution >= 0.6 is 0 Å². The Hall–Kier alpha value is -8.80. The van der Waals surface area contributed by atoms with Gasteiger partial charge in [0, 0.05) is 47.2 Å².